The number of carbonyl (C=O) groups excluding carboxylic acids is 1. The molecular formula is C16H31NO. The molecule has 18 heavy (non-hydrogen) atoms. The van der Waals surface area contributed by atoms with Gasteiger partial charge in [0.1, 0.15) is 0 Å². The van der Waals surface area contributed by atoms with Crippen LogP contribution in [0.1, 0.15) is 84.5 Å². The Morgan fingerprint density at radius 1 is 1.17 bits per heavy atom. The molecule has 2 unspecified atom stereocenters. The molecule has 0 radical (unpaired) electrons. The summed E-state index contributed by atoms with van der Waals surface area (Å²) >= 11 is 0. The fourth-order valence-electron chi connectivity index (χ4n) is 3.36. The van der Waals surface area contributed by atoms with Crippen LogP contribution < -0.4 is 5.73 Å². The summed E-state index contributed by atoms with van der Waals surface area (Å²) in [6.45, 7) is 4.34. The van der Waals surface area contributed by atoms with Gasteiger partial charge >= 0.3 is 0 Å². The highest BCUT2D eigenvalue weighted by molar-refractivity contribution is 5.80. The molecule has 1 amide bonds. The number of nitrogens with two attached hydrogens (primary N) is 1. The average molecular weight is 253 g/mol. The molecule has 0 bridgehead atoms. The Bertz CT molecular complexity index is 251. The third kappa shape index (κ3) is 4.29. The van der Waals surface area contributed by atoms with Crippen LogP contribution in [0.3, 0.4) is 0 Å². The van der Waals surface area contributed by atoms with Crippen LogP contribution in [-0.4, -0.2) is 5.91 Å². The molecular weight excluding hydrogens is 222 g/mol. The molecule has 1 saturated carbocycles. The van der Waals surface area contributed by atoms with Gasteiger partial charge in [0.05, 0.1) is 0 Å². The van der Waals surface area contributed by atoms with Crippen molar-refractivity contribution in [2.45, 2.75) is 84.5 Å². The van der Waals surface area contributed by atoms with Gasteiger partial charge in [-0.15, -0.1) is 0 Å². The average Bonchev–Trinajstić information content (AvgIpc) is 2.35. The normalized spacial score (nSPS) is 28.2. The third-order valence-corrected chi connectivity index (χ3v) is 4.87. The Balaban J connectivity index is 2.28. The minimum Gasteiger partial charge on any atom is -0.369 e. The third-order valence-electron chi connectivity index (χ3n) is 4.87. The second kappa shape index (κ2) is 7.81. The van der Waals surface area contributed by atoms with E-state index in [1.165, 1.54) is 64.2 Å². The first-order valence-corrected chi connectivity index (χ1v) is 7.91. The van der Waals surface area contributed by atoms with Crippen molar-refractivity contribution in [3.05, 3.63) is 0 Å². The van der Waals surface area contributed by atoms with Gasteiger partial charge in [-0.25, -0.2) is 0 Å². The van der Waals surface area contributed by atoms with Crippen molar-refractivity contribution in [2.24, 2.45) is 17.1 Å². The van der Waals surface area contributed by atoms with Gasteiger partial charge in [-0.3, -0.25) is 4.79 Å². The van der Waals surface area contributed by atoms with Crippen molar-refractivity contribution in [1.82, 2.24) is 0 Å². The molecule has 1 aliphatic rings. The van der Waals surface area contributed by atoms with Gasteiger partial charge in [-0.05, 0) is 25.2 Å². The molecule has 1 rings (SSSR count). The van der Waals surface area contributed by atoms with E-state index in [0.29, 0.717) is 5.92 Å². The second-order valence-electron chi connectivity index (χ2n) is 6.28. The van der Waals surface area contributed by atoms with Crippen LogP contribution in [0.15, 0.2) is 0 Å². The number of unbranched alkanes of at least 4 members (excludes halogenated alkanes) is 5. The summed E-state index contributed by atoms with van der Waals surface area (Å²) in [7, 11) is 0. The molecule has 2 nitrogen and oxygen atoms in total. The zero-order chi connectivity index (χ0) is 13.4. The van der Waals surface area contributed by atoms with Gasteiger partial charge in [-0.2, -0.15) is 0 Å². The summed E-state index contributed by atoms with van der Waals surface area (Å²) < 4.78 is 0. The van der Waals surface area contributed by atoms with Gasteiger partial charge in [0.2, 0.25) is 5.91 Å². The fourth-order valence-corrected chi connectivity index (χ4v) is 3.36. The Labute approximate surface area is 113 Å². The first kappa shape index (κ1) is 15.5. The standard InChI is InChI=1S/C16H31NO/c1-3-4-5-6-7-8-11-14-12-9-10-13-16(14,2)15(17)18/h14H,3-13H2,1-2H3,(H2,17,18). The minimum absolute atomic E-state index is 0.0711. The first-order valence-electron chi connectivity index (χ1n) is 7.91. The number of primary amides is 1. The molecule has 2 heteroatoms. The van der Waals surface area contributed by atoms with Gasteiger partial charge in [0.15, 0.2) is 0 Å². The van der Waals surface area contributed by atoms with Crippen LogP contribution in [0.4, 0.5) is 0 Å². The largest absolute Gasteiger partial charge is 0.369 e. The Kier molecular flexibility index (Phi) is 6.73. The van der Waals surface area contributed by atoms with Gasteiger partial charge < -0.3 is 5.73 Å². The highest BCUT2D eigenvalue weighted by Crippen LogP contribution is 2.43. The van der Waals surface area contributed by atoms with Crippen LogP contribution in [0.25, 0.3) is 0 Å². The summed E-state index contributed by atoms with van der Waals surface area (Å²) in [6.07, 6.45) is 13.9. The topological polar surface area (TPSA) is 43.1 Å². The van der Waals surface area contributed by atoms with E-state index in [1.807, 2.05) is 0 Å². The van der Waals surface area contributed by atoms with E-state index in [1.54, 1.807) is 0 Å². The number of amides is 1. The lowest BCUT2D eigenvalue weighted by Crippen LogP contribution is -2.42. The lowest BCUT2D eigenvalue weighted by molar-refractivity contribution is -0.132. The maximum Gasteiger partial charge on any atom is 0.223 e. The molecule has 0 saturated heterocycles. The monoisotopic (exact) mass is 253 g/mol. The predicted octanol–water partition coefficient (Wildman–Crippen LogP) is 4.42. The summed E-state index contributed by atoms with van der Waals surface area (Å²) in [5.41, 5.74) is 5.40. The van der Waals surface area contributed by atoms with Crippen LogP contribution in [0.2, 0.25) is 0 Å². The van der Waals surface area contributed by atoms with Gasteiger partial charge in [-0.1, -0.05) is 65.2 Å². The predicted molar refractivity (Wildman–Crippen MR) is 77.3 cm³/mol. The van der Waals surface area contributed by atoms with E-state index in [9.17, 15) is 4.79 Å². The van der Waals surface area contributed by atoms with Crippen molar-refractivity contribution in [3.63, 3.8) is 0 Å². The number of carbonyl (C=O) groups is 1. The maximum atomic E-state index is 11.7. The highest BCUT2D eigenvalue weighted by atomic mass is 16.1. The zero-order valence-electron chi connectivity index (χ0n) is 12.3. The number of hydrogen-bond donors (Lipinski definition) is 1. The zero-order valence-corrected chi connectivity index (χ0v) is 12.3. The van der Waals surface area contributed by atoms with E-state index in [4.69, 9.17) is 5.73 Å². The summed E-state index contributed by atoms with van der Waals surface area (Å²) in [5, 5.41) is 0. The molecule has 2 atom stereocenters. The lowest BCUT2D eigenvalue weighted by Gasteiger charge is -2.39. The summed E-state index contributed by atoms with van der Waals surface area (Å²) in [4.78, 5) is 11.7. The molecule has 2 N–H and O–H groups in total. The van der Waals surface area contributed by atoms with Gasteiger partial charge in [0, 0.05) is 5.41 Å². The molecule has 0 aromatic rings. The molecule has 1 aliphatic carbocycles. The number of hydrogen-bond acceptors (Lipinski definition) is 1. The van der Waals surface area contributed by atoms with E-state index in [0.717, 1.165) is 6.42 Å². The Morgan fingerprint density at radius 3 is 2.50 bits per heavy atom. The molecule has 0 aromatic carbocycles. The Hall–Kier alpha value is -0.530. The summed E-state index contributed by atoms with van der Waals surface area (Å²) in [6, 6.07) is 0. The van der Waals surface area contributed by atoms with Gasteiger partial charge in [0.25, 0.3) is 0 Å². The summed E-state index contributed by atoms with van der Waals surface area (Å²) in [5.74, 6) is 0.466. The molecule has 0 spiro atoms. The van der Waals surface area contributed by atoms with Crippen LogP contribution >= 0.6 is 0 Å². The van der Waals surface area contributed by atoms with E-state index in [-0.39, 0.29) is 11.3 Å². The minimum atomic E-state index is -0.221. The van der Waals surface area contributed by atoms with Crippen molar-refractivity contribution in [2.75, 3.05) is 0 Å². The van der Waals surface area contributed by atoms with Crippen LogP contribution in [0, 0.1) is 11.3 Å². The lowest BCUT2D eigenvalue weighted by atomic mass is 9.65. The molecule has 106 valence electrons. The highest BCUT2D eigenvalue weighted by Gasteiger charge is 2.40. The molecule has 0 heterocycles. The molecule has 0 aromatic heterocycles. The molecule has 1 fully saturated rings. The SMILES string of the molecule is CCCCCCCCC1CCCCC1(C)C(N)=O. The smallest absolute Gasteiger partial charge is 0.223 e. The maximum absolute atomic E-state index is 11.7. The van der Waals surface area contributed by atoms with E-state index >= 15 is 0 Å². The first-order chi connectivity index (χ1) is 8.61. The number of rotatable bonds is 8. The molecule has 0 aliphatic heterocycles. The van der Waals surface area contributed by atoms with Crippen molar-refractivity contribution < 1.29 is 4.79 Å². The van der Waals surface area contributed by atoms with Crippen LogP contribution in [0.5, 0.6) is 0 Å². The fraction of sp³-hybridized carbons (Fsp3) is 0.938. The van der Waals surface area contributed by atoms with Crippen molar-refractivity contribution in [3.8, 4) is 0 Å². The van der Waals surface area contributed by atoms with E-state index < -0.39 is 0 Å². The van der Waals surface area contributed by atoms with Crippen molar-refractivity contribution >= 4 is 5.91 Å². The second-order valence-corrected chi connectivity index (χ2v) is 6.28. The van der Waals surface area contributed by atoms with E-state index in [2.05, 4.69) is 13.8 Å². The Morgan fingerprint density at radius 2 is 1.83 bits per heavy atom. The van der Waals surface area contributed by atoms with Crippen molar-refractivity contribution in [1.29, 1.82) is 0 Å². The quantitative estimate of drug-likeness (QED) is 0.639. The van der Waals surface area contributed by atoms with Crippen LogP contribution in [-0.2, 0) is 4.79 Å².